The molecule has 2 aliphatic rings. The molecule has 1 fully saturated rings. The van der Waals surface area contributed by atoms with Crippen LogP contribution in [0.1, 0.15) is 52.7 Å². The number of allylic oxidation sites excluding steroid dienone is 1. The number of nitrogens with zero attached hydrogens (tertiary/aromatic N) is 2. The van der Waals surface area contributed by atoms with Gasteiger partial charge in [0.05, 0.1) is 28.3 Å². The number of pyridine rings is 1. The van der Waals surface area contributed by atoms with Crippen LogP contribution in [0.4, 0.5) is 0 Å². The minimum atomic E-state index is -3.13. The van der Waals surface area contributed by atoms with E-state index in [-0.39, 0.29) is 23.5 Å². The zero-order valence-electron chi connectivity index (χ0n) is 20.1. The number of sulfone groups is 1. The second kappa shape index (κ2) is 10.1. The summed E-state index contributed by atoms with van der Waals surface area (Å²) in [4.78, 5) is 34.0. The largest absolute Gasteiger partial charge is 0.452 e. The number of hydrogen-bond acceptors (Lipinski definition) is 7. The molecule has 3 heterocycles. The lowest BCUT2D eigenvalue weighted by Gasteiger charge is -2.27. The van der Waals surface area contributed by atoms with Gasteiger partial charge >= 0.3 is 5.97 Å². The van der Waals surface area contributed by atoms with Crippen LogP contribution in [0.15, 0.2) is 41.8 Å². The number of aromatic nitrogens is 1. The van der Waals surface area contributed by atoms with Crippen LogP contribution < -0.4 is 0 Å². The first-order chi connectivity index (χ1) is 17.4. The van der Waals surface area contributed by atoms with E-state index in [0.717, 1.165) is 34.5 Å². The summed E-state index contributed by atoms with van der Waals surface area (Å²) in [5.74, 6) is -0.885. The average Bonchev–Trinajstić information content (AvgIpc) is 3.51. The van der Waals surface area contributed by atoms with Gasteiger partial charge in [0.1, 0.15) is 0 Å². The first kappa shape index (κ1) is 24.6. The Kier molecular flexibility index (Phi) is 6.94. The second-order valence-electron chi connectivity index (χ2n) is 9.18. The van der Waals surface area contributed by atoms with E-state index in [4.69, 9.17) is 9.72 Å². The highest BCUT2D eigenvalue weighted by atomic mass is 32.2. The number of carbonyl (C=O) groups is 2. The minimum absolute atomic E-state index is 0.0393. The number of para-hydroxylation sites is 1. The first-order valence-electron chi connectivity index (χ1n) is 12.2. The van der Waals surface area contributed by atoms with E-state index < -0.39 is 22.4 Å². The monoisotopic (exact) mass is 524 g/mol. The predicted octanol–water partition coefficient (Wildman–Crippen LogP) is 4.37. The number of rotatable bonds is 6. The molecule has 5 rings (SSSR count). The molecule has 0 radical (unpaired) electrons. The van der Waals surface area contributed by atoms with Crippen LogP contribution >= 0.6 is 11.3 Å². The summed E-state index contributed by atoms with van der Waals surface area (Å²) in [5.41, 5.74) is 3.94. The normalized spacial score (nSPS) is 19.8. The third kappa shape index (κ3) is 4.95. The SMILES string of the molecule is CCN(C(=O)COC(=O)c1c2c(nc3ccccc13)/C(=C\c1cccs1)CCC2)[C@@H]1CCS(=O)(=O)C1. The average molecular weight is 525 g/mol. The van der Waals surface area contributed by atoms with Gasteiger partial charge in [-0.3, -0.25) is 4.79 Å². The van der Waals surface area contributed by atoms with Gasteiger partial charge in [0.25, 0.3) is 5.91 Å². The summed E-state index contributed by atoms with van der Waals surface area (Å²) >= 11 is 1.66. The maximum atomic E-state index is 13.5. The Morgan fingerprint density at radius 3 is 2.75 bits per heavy atom. The van der Waals surface area contributed by atoms with Gasteiger partial charge in [-0.15, -0.1) is 11.3 Å². The molecule has 1 saturated heterocycles. The van der Waals surface area contributed by atoms with Gasteiger partial charge in [-0.2, -0.15) is 0 Å². The number of carbonyl (C=O) groups excluding carboxylic acids is 2. The fourth-order valence-corrected chi connectivity index (χ4v) is 7.61. The fraction of sp³-hybridized carbons (Fsp3) is 0.370. The van der Waals surface area contributed by atoms with Crippen LogP contribution in [0.25, 0.3) is 22.6 Å². The topological polar surface area (TPSA) is 93.6 Å². The van der Waals surface area contributed by atoms with E-state index in [9.17, 15) is 18.0 Å². The molecule has 188 valence electrons. The molecular formula is C27H28N2O5S2. The Balaban J connectivity index is 1.44. The highest BCUT2D eigenvalue weighted by Gasteiger charge is 2.34. The van der Waals surface area contributed by atoms with Crippen molar-refractivity contribution in [1.29, 1.82) is 0 Å². The molecule has 1 atom stereocenters. The highest BCUT2D eigenvalue weighted by Crippen LogP contribution is 2.37. The van der Waals surface area contributed by atoms with Gasteiger partial charge in [-0.05, 0) is 67.3 Å². The van der Waals surface area contributed by atoms with Crippen molar-refractivity contribution in [1.82, 2.24) is 9.88 Å². The summed E-state index contributed by atoms with van der Waals surface area (Å²) in [5, 5.41) is 2.74. The third-order valence-corrected chi connectivity index (χ3v) is 9.44. The summed E-state index contributed by atoms with van der Waals surface area (Å²) in [6.45, 7) is 1.74. The number of fused-ring (bicyclic) bond motifs is 2. The maximum Gasteiger partial charge on any atom is 0.339 e. The van der Waals surface area contributed by atoms with Crippen LogP contribution in [0.3, 0.4) is 0 Å². The zero-order chi connectivity index (χ0) is 25.3. The Morgan fingerprint density at radius 2 is 2.03 bits per heavy atom. The molecule has 1 aliphatic heterocycles. The van der Waals surface area contributed by atoms with E-state index in [2.05, 4.69) is 12.1 Å². The van der Waals surface area contributed by atoms with E-state index in [1.165, 1.54) is 4.90 Å². The molecule has 0 unspecified atom stereocenters. The van der Waals surface area contributed by atoms with Crippen LogP contribution in [0.5, 0.6) is 0 Å². The van der Waals surface area contributed by atoms with Crippen molar-refractivity contribution in [2.75, 3.05) is 24.7 Å². The number of amides is 1. The number of hydrogen-bond donors (Lipinski definition) is 0. The van der Waals surface area contributed by atoms with Crippen LogP contribution in [0.2, 0.25) is 0 Å². The van der Waals surface area contributed by atoms with E-state index in [1.54, 1.807) is 18.3 Å². The van der Waals surface area contributed by atoms with Crippen molar-refractivity contribution < 1.29 is 22.7 Å². The van der Waals surface area contributed by atoms with Crippen molar-refractivity contribution in [2.45, 2.75) is 38.6 Å². The summed E-state index contributed by atoms with van der Waals surface area (Å²) in [6.07, 6.45) is 5.02. The number of thiophene rings is 1. The highest BCUT2D eigenvalue weighted by molar-refractivity contribution is 7.91. The smallest absolute Gasteiger partial charge is 0.339 e. The molecule has 1 aromatic carbocycles. The molecule has 7 nitrogen and oxygen atoms in total. The van der Waals surface area contributed by atoms with Gasteiger partial charge in [0.2, 0.25) is 0 Å². The molecular weight excluding hydrogens is 496 g/mol. The van der Waals surface area contributed by atoms with Gasteiger partial charge in [0.15, 0.2) is 16.4 Å². The van der Waals surface area contributed by atoms with Gasteiger partial charge in [-0.1, -0.05) is 24.3 Å². The van der Waals surface area contributed by atoms with Crippen LogP contribution in [-0.2, 0) is 25.8 Å². The minimum Gasteiger partial charge on any atom is -0.452 e. The summed E-state index contributed by atoms with van der Waals surface area (Å²) in [7, 11) is -3.13. The Bertz CT molecular complexity index is 1440. The molecule has 36 heavy (non-hydrogen) atoms. The van der Waals surface area contributed by atoms with Crippen molar-refractivity contribution >= 4 is 55.6 Å². The molecule has 9 heteroatoms. The number of ether oxygens (including phenoxy) is 1. The molecule has 0 N–H and O–H groups in total. The molecule has 1 aliphatic carbocycles. The number of likely N-dealkylation sites (N-methyl/N-ethyl adjacent to an activating group) is 1. The van der Waals surface area contributed by atoms with Crippen molar-refractivity contribution in [3.63, 3.8) is 0 Å². The second-order valence-corrected chi connectivity index (χ2v) is 12.4. The quantitative estimate of drug-likeness (QED) is 0.445. The van der Waals surface area contributed by atoms with Gasteiger partial charge in [0, 0.05) is 22.8 Å². The van der Waals surface area contributed by atoms with E-state index in [1.807, 2.05) is 35.7 Å². The van der Waals surface area contributed by atoms with E-state index in [0.29, 0.717) is 35.9 Å². The van der Waals surface area contributed by atoms with Gasteiger partial charge in [-0.25, -0.2) is 18.2 Å². The first-order valence-corrected chi connectivity index (χ1v) is 14.9. The van der Waals surface area contributed by atoms with E-state index >= 15 is 0 Å². The molecule has 2 aromatic heterocycles. The molecule has 1 amide bonds. The summed E-state index contributed by atoms with van der Waals surface area (Å²) in [6, 6.07) is 11.2. The van der Waals surface area contributed by atoms with Crippen LogP contribution in [0, 0.1) is 0 Å². The molecule has 3 aromatic rings. The maximum absolute atomic E-state index is 13.5. The molecule has 0 bridgehead atoms. The zero-order valence-corrected chi connectivity index (χ0v) is 21.7. The lowest BCUT2D eigenvalue weighted by atomic mass is 9.86. The Morgan fingerprint density at radius 1 is 1.19 bits per heavy atom. The predicted molar refractivity (Wildman–Crippen MR) is 142 cm³/mol. The molecule has 0 spiro atoms. The van der Waals surface area contributed by atoms with Crippen LogP contribution in [-0.4, -0.2) is 60.9 Å². The number of benzene rings is 1. The third-order valence-electron chi connectivity index (χ3n) is 6.87. The Labute approximate surface area is 214 Å². The van der Waals surface area contributed by atoms with Crippen molar-refractivity contribution in [2.24, 2.45) is 0 Å². The van der Waals surface area contributed by atoms with Crippen molar-refractivity contribution in [3.05, 3.63) is 63.5 Å². The summed E-state index contributed by atoms with van der Waals surface area (Å²) < 4.78 is 29.4. The lowest BCUT2D eigenvalue weighted by Crippen LogP contribution is -2.43. The fourth-order valence-electron chi connectivity index (χ4n) is 5.20. The van der Waals surface area contributed by atoms with Crippen molar-refractivity contribution in [3.8, 4) is 0 Å². The standard InChI is InChI=1S/C27H28N2O5S2/c1-2-29(19-12-14-36(32,33)17-19)24(30)16-34-27(31)25-21-9-3-4-11-23(21)28-26-18(7-5-10-22(25)26)15-20-8-6-13-35-20/h3-4,6,8-9,11,13,15,19H,2,5,7,10,12,14,16-17H2,1H3/b18-15-/t19-/m1/s1. The number of esters is 1. The molecule has 0 saturated carbocycles. The Hall–Kier alpha value is -3.04. The lowest BCUT2D eigenvalue weighted by molar-refractivity contribution is -0.136. The van der Waals surface area contributed by atoms with Gasteiger partial charge < -0.3 is 9.64 Å².